The maximum absolute atomic E-state index is 12.6. The molecule has 3 heterocycles. The Labute approximate surface area is 132 Å². The molecule has 2 aliphatic heterocycles. The van der Waals surface area contributed by atoms with E-state index in [0.29, 0.717) is 0 Å². The normalized spacial score (nSPS) is 22.6. The average molecular weight is 305 g/mol. The molecule has 6 nitrogen and oxygen atoms in total. The summed E-state index contributed by atoms with van der Waals surface area (Å²) in [5.74, 6) is 1.81. The van der Waals surface area contributed by atoms with Gasteiger partial charge in [-0.15, -0.1) is 0 Å². The number of carbonyl (C=O) groups excluding carboxylic acids is 1. The van der Waals surface area contributed by atoms with Crippen LogP contribution in [0.1, 0.15) is 69.6 Å². The molecule has 1 aromatic rings. The van der Waals surface area contributed by atoms with Gasteiger partial charge in [-0.3, -0.25) is 0 Å². The lowest BCUT2D eigenvalue weighted by Crippen LogP contribution is -2.44. The zero-order chi connectivity index (χ0) is 15.4. The van der Waals surface area contributed by atoms with Crippen molar-refractivity contribution in [3.05, 3.63) is 11.6 Å². The summed E-state index contributed by atoms with van der Waals surface area (Å²) in [4.78, 5) is 19.2. The van der Waals surface area contributed by atoms with Crippen molar-refractivity contribution in [1.29, 1.82) is 0 Å². The van der Waals surface area contributed by atoms with E-state index in [1.165, 1.54) is 19.3 Å². The Morgan fingerprint density at radius 2 is 1.86 bits per heavy atom. The number of rotatable bonds is 2. The number of aromatic nitrogens is 3. The second-order valence-corrected chi connectivity index (χ2v) is 6.36. The standard InChI is InChI=1S/C16H27N5O/c1-2-14-18-15-13(9-8-12-21(15)19-14)17-16(22)20-10-6-4-3-5-7-11-20/h13H,2-12H2,1H3,(H,17,22). The average Bonchev–Trinajstić information content (AvgIpc) is 2.91. The highest BCUT2D eigenvalue weighted by molar-refractivity contribution is 5.74. The molecule has 0 radical (unpaired) electrons. The minimum atomic E-state index is 0.0134. The van der Waals surface area contributed by atoms with Crippen LogP contribution in [0.4, 0.5) is 4.79 Å². The van der Waals surface area contributed by atoms with E-state index < -0.39 is 0 Å². The van der Waals surface area contributed by atoms with Crippen LogP contribution in [0.5, 0.6) is 0 Å². The monoisotopic (exact) mass is 305 g/mol. The van der Waals surface area contributed by atoms with E-state index in [4.69, 9.17) is 0 Å². The molecule has 0 saturated carbocycles. The van der Waals surface area contributed by atoms with Crippen LogP contribution in [0.2, 0.25) is 0 Å². The van der Waals surface area contributed by atoms with Gasteiger partial charge in [0.05, 0.1) is 6.04 Å². The summed E-state index contributed by atoms with van der Waals surface area (Å²) in [7, 11) is 0. The number of nitrogens with zero attached hydrogens (tertiary/aromatic N) is 4. The van der Waals surface area contributed by atoms with E-state index >= 15 is 0 Å². The number of likely N-dealkylation sites (tertiary alicyclic amines) is 1. The molecule has 2 aliphatic rings. The number of amides is 2. The highest BCUT2D eigenvalue weighted by atomic mass is 16.2. The first-order valence-electron chi connectivity index (χ1n) is 8.77. The molecule has 1 unspecified atom stereocenters. The van der Waals surface area contributed by atoms with Gasteiger partial charge in [-0.25, -0.2) is 14.5 Å². The fourth-order valence-corrected chi connectivity index (χ4v) is 3.38. The molecule has 1 N–H and O–H groups in total. The molecule has 0 bridgehead atoms. The molecule has 0 spiro atoms. The zero-order valence-electron chi connectivity index (χ0n) is 13.6. The van der Waals surface area contributed by atoms with Crippen LogP contribution < -0.4 is 5.32 Å². The van der Waals surface area contributed by atoms with Crippen LogP contribution in [0.15, 0.2) is 0 Å². The molecule has 3 rings (SSSR count). The number of fused-ring (bicyclic) bond motifs is 1. The summed E-state index contributed by atoms with van der Waals surface area (Å²) < 4.78 is 1.97. The molecule has 2 amide bonds. The minimum Gasteiger partial charge on any atom is -0.328 e. The first kappa shape index (κ1) is 15.3. The molecule has 1 saturated heterocycles. The smallest absolute Gasteiger partial charge is 0.317 e. The molecule has 1 fully saturated rings. The quantitative estimate of drug-likeness (QED) is 0.913. The number of hydrogen-bond donors (Lipinski definition) is 1. The summed E-state index contributed by atoms with van der Waals surface area (Å²) in [6.07, 6.45) is 8.87. The molecule has 1 atom stereocenters. The van der Waals surface area contributed by atoms with Crippen molar-refractivity contribution in [2.45, 2.75) is 70.9 Å². The van der Waals surface area contributed by atoms with Crippen molar-refractivity contribution in [3.63, 3.8) is 0 Å². The van der Waals surface area contributed by atoms with Gasteiger partial charge in [-0.1, -0.05) is 26.2 Å². The Hall–Kier alpha value is -1.59. The van der Waals surface area contributed by atoms with Crippen LogP contribution in [-0.2, 0) is 13.0 Å². The van der Waals surface area contributed by atoms with Crippen LogP contribution in [-0.4, -0.2) is 38.8 Å². The van der Waals surface area contributed by atoms with E-state index in [-0.39, 0.29) is 12.1 Å². The lowest BCUT2D eigenvalue weighted by Gasteiger charge is -2.29. The Morgan fingerprint density at radius 3 is 2.59 bits per heavy atom. The van der Waals surface area contributed by atoms with Gasteiger partial charge in [0.15, 0.2) is 5.82 Å². The molecule has 1 aromatic heterocycles. The topological polar surface area (TPSA) is 63.1 Å². The van der Waals surface area contributed by atoms with Crippen molar-refractivity contribution < 1.29 is 4.79 Å². The molecule has 122 valence electrons. The van der Waals surface area contributed by atoms with Gasteiger partial charge in [-0.2, -0.15) is 5.10 Å². The Morgan fingerprint density at radius 1 is 1.14 bits per heavy atom. The summed E-state index contributed by atoms with van der Waals surface area (Å²) in [5, 5.41) is 7.70. The van der Waals surface area contributed by atoms with Gasteiger partial charge >= 0.3 is 6.03 Å². The summed E-state index contributed by atoms with van der Waals surface area (Å²) >= 11 is 0. The third-order valence-electron chi connectivity index (χ3n) is 4.68. The van der Waals surface area contributed by atoms with E-state index in [9.17, 15) is 4.79 Å². The van der Waals surface area contributed by atoms with Crippen LogP contribution in [0.25, 0.3) is 0 Å². The van der Waals surface area contributed by atoms with Crippen LogP contribution >= 0.6 is 0 Å². The van der Waals surface area contributed by atoms with Gasteiger partial charge in [0.25, 0.3) is 0 Å². The Bertz CT molecular complexity index is 505. The Balaban J connectivity index is 1.65. The Kier molecular flexibility index (Phi) is 4.95. The van der Waals surface area contributed by atoms with Crippen LogP contribution in [0, 0.1) is 0 Å². The van der Waals surface area contributed by atoms with Crippen molar-refractivity contribution in [1.82, 2.24) is 25.0 Å². The van der Waals surface area contributed by atoms with Gasteiger partial charge in [0.2, 0.25) is 0 Å². The molecular formula is C16H27N5O. The van der Waals surface area contributed by atoms with E-state index in [0.717, 1.165) is 63.4 Å². The van der Waals surface area contributed by atoms with E-state index in [1.807, 2.05) is 9.58 Å². The molecule has 0 aromatic carbocycles. The number of hydrogen-bond acceptors (Lipinski definition) is 3. The molecular weight excluding hydrogens is 278 g/mol. The van der Waals surface area contributed by atoms with Gasteiger partial charge in [0, 0.05) is 26.1 Å². The number of urea groups is 1. The number of nitrogens with one attached hydrogen (secondary N) is 1. The van der Waals surface area contributed by atoms with Crippen LogP contribution in [0.3, 0.4) is 0 Å². The van der Waals surface area contributed by atoms with E-state index in [1.54, 1.807) is 0 Å². The van der Waals surface area contributed by atoms with Crippen molar-refractivity contribution in [3.8, 4) is 0 Å². The van der Waals surface area contributed by atoms with Gasteiger partial charge < -0.3 is 10.2 Å². The first-order valence-corrected chi connectivity index (χ1v) is 8.77. The zero-order valence-corrected chi connectivity index (χ0v) is 13.6. The second kappa shape index (κ2) is 7.11. The lowest BCUT2D eigenvalue weighted by molar-refractivity contribution is 0.184. The molecule has 22 heavy (non-hydrogen) atoms. The fourth-order valence-electron chi connectivity index (χ4n) is 3.38. The predicted octanol–water partition coefficient (Wildman–Crippen LogP) is 2.65. The highest BCUT2D eigenvalue weighted by Crippen LogP contribution is 2.23. The predicted molar refractivity (Wildman–Crippen MR) is 84.6 cm³/mol. The number of carbonyl (C=O) groups is 1. The maximum atomic E-state index is 12.6. The largest absolute Gasteiger partial charge is 0.328 e. The van der Waals surface area contributed by atoms with E-state index in [2.05, 4.69) is 22.3 Å². The second-order valence-electron chi connectivity index (χ2n) is 6.36. The van der Waals surface area contributed by atoms with Gasteiger partial charge in [-0.05, 0) is 25.7 Å². The molecule has 6 heteroatoms. The summed E-state index contributed by atoms with van der Waals surface area (Å²) in [6, 6.07) is 0.0842. The SMILES string of the molecule is CCc1nc2n(n1)CCCC2NC(=O)N1CCCCCCC1. The molecule has 0 aliphatic carbocycles. The lowest BCUT2D eigenvalue weighted by atomic mass is 10.1. The fraction of sp³-hybridized carbons (Fsp3) is 0.812. The highest BCUT2D eigenvalue weighted by Gasteiger charge is 2.27. The van der Waals surface area contributed by atoms with Crippen molar-refractivity contribution in [2.75, 3.05) is 13.1 Å². The summed E-state index contributed by atoms with van der Waals surface area (Å²) in [6.45, 7) is 4.74. The summed E-state index contributed by atoms with van der Waals surface area (Å²) in [5.41, 5.74) is 0. The third-order valence-corrected chi connectivity index (χ3v) is 4.68. The van der Waals surface area contributed by atoms with Gasteiger partial charge in [0.1, 0.15) is 5.82 Å². The minimum absolute atomic E-state index is 0.0134. The van der Waals surface area contributed by atoms with Crippen molar-refractivity contribution in [2.24, 2.45) is 0 Å². The van der Waals surface area contributed by atoms with Crippen molar-refractivity contribution >= 4 is 6.03 Å². The number of aryl methyl sites for hydroxylation is 2. The first-order chi connectivity index (χ1) is 10.8. The maximum Gasteiger partial charge on any atom is 0.317 e. The third kappa shape index (κ3) is 3.42.